The van der Waals surface area contributed by atoms with Crippen LogP contribution in [0.5, 0.6) is 0 Å². The lowest BCUT2D eigenvalue weighted by atomic mass is 10.1. The van der Waals surface area contributed by atoms with Crippen molar-refractivity contribution in [3.05, 3.63) is 65.0 Å². The van der Waals surface area contributed by atoms with Crippen LogP contribution >= 0.6 is 11.3 Å². The third kappa shape index (κ3) is 3.19. The minimum atomic E-state index is -0.178. The average Bonchev–Trinajstić information content (AvgIpc) is 3.41. The van der Waals surface area contributed by atoms with E-state index >= 15 is 0 Å². The summed E-state index contributed by atoms with van der Waals surface area (Å²) in [6, 6.07) is 8.07. The largest absolute Gasteiger partial charge is 0.307 e. The molecule has 0 spiro atoms. The molecule has 1 aliphatic heterocycles. The van der Waals surface area contributed by atoms with Crippen LogP contribution < -0.4 is 4.90 Å². The molecule has 8 heteroatoms. The Hall–Kier alpha value is -3.13. The maximum atomic E-state index is 13.5. The molecule has 4 heterocycles. The molecule has 1 aromatic carbocycles. The van der Waals surface area contributed by atoms with E-state index < -0.39 is 0 Å². The number of anilines is 1. The van der Waals surface area contributed by atoms with Crippen molar-refractivity contribution in [3.63, 3.8) is 0 Å². The molecule has 5 rings (SSSR count). The Morgan fingerprint density at radius 1 is 1.28 bits per heavy atom. The molecule has 0 saturated carbocycles. The highest BCUT2D eigenvalue weighted by Crippen LogP contribution is 2.33. The summed E-state index contributed by atoms with van der Waals surface area (Å²) < 4.78 is 3.01. The van der Waals surface area contributed by atoms with Gasteiger partial charge < -0.3 is 4.57 Å². The van der Waals surface area contributed by atoms with Crippen LogP contribution in [-0.4, -0.2) is 30.6 Å². The van der Waals surface area contributed by atoms with Crippen LogP contribution in [0.1, 0.15) is 39.6 Å². The van der Waals surface area contributed by atoms with Crippen LogP contribution in [0, 0.1) is 13.8 Å². The molecule has 0 aliphatic carbocycles. The number of hydrogen-bond donors (Lipinski definition) is 0. The van der Waals surface area contributed by atoms with Crippen molar-refractivity contribution in [2.45, 2.75) is 39.8 Å². The van der Waals surface area contributed by atoms with Gasteiger partial charge in [0.2, 0.25) is 5.82 Å². The second-order valence-corrected chi connectivity index (χ2v) is 8.38. The number of rotatable bonds is 4. The predicted octanol–water partition coefficient (Wildman–Crippen LogP) is 3.69. The van der Waals surface area contributed by atoms with Crippen molar-refractivity contribution in [2.75, 3.05) is 4.90 Å². The van der Waals surface area contributed by atoms with Crippen LogP contribution in [0.2, 0.25) is 0 Å². The van der Waals surface area contributed by atoms with Crippen molar-refractivity contribution in [3.8, 4) is 0 Å². The van der Waals surface area contributed by atoms with E-state index in [1.807, 2.05) is 16.7 Å². The van der Waals surface area contributed by atoms with E-state index in [1.54, 1.807) is 17.3 Å². The van der Waals surface area contributed by atoms with Gasteiger partial charge in [-0.1, -0.05) is 23.5 Å². The van der Waals surface area contributed by atoms with Crippen LogP contribution in [0.15, 0.2) is 36.7 Å². The van der Waals surface area contributed by atoms with Crippen LogP contribution in [0.4, 0.5) is 5.13 Å². The molecule has 0 radical (unpaired) electrons. The smallest absolute Gasteiger partial charge is 0.298 e. The summed E-state index contributed by atoms with van der Waals surface area (Å²) in [6.45, 7) is 5.29. The van der Waals surface area contributed by atoms with Gasteiger partial charge in [0.05, 0.1) is 16.8 Å². The molecule has 0 fully saturated rings. The van der Waals surface area contributed by atoms with E-state index in [0.29, 0.717) is 17.5 Å². The number of carbonyl (C=O) groups excluding carboxylic acids is 1. The fraction of sp³-hybridized carbons (Fsp3) is 0.286. The van der Waals surface area contributed by atoms with Crippen molar-refractivity contribution in [2.24, 2.45) is 0 Å². The quantitative estimate of drug-likeness (QED) is 0.518. The molecule has 0 atom stereocenters. The molecule has 1 amide bonds. The van der Waals surface area contributed by atoms with E-state index in [9.17, 15) is 4.79 Å². The second-order valence-electron chi connectivity index (χ2n) is 7.37. The summed E-state index contributed by atoms with van der Waals surface area (Å²) in [5, 5.41) is 9.06. The number of amides is 1. The predicted molar refractivity (Wildman–Crippen MR) is 112 cm³/mol. The Morgan fingerprint density at radius 3 is 3.00 bits per heavy atom. The first-order chi connectivity index (χ1) is 14.1. The molecule has 0 N–H and O–H groups in total. The SMILES string of the molecule is Cc1cc(C)c2nc(N(Cc3cccnc3)C(=O)c3nnc4n3CCC4)sc2c1. The van der Waals surface area contributed by atoms with Crippen molar-refractivity contribution >= 4 is 32.6 Å². The molecule has 1 aliphatic rings. The van der Waals surface area contributed by atoms with Gasteiger partial charge in [0, 0.05) is 25.4 Å². The Bertz CT molecular complexity index is 1210. The Kier molecular flexibility index (Phi) is 4.35. The number of fused-ring (bicyclic) bond motifs is 2. The summed E-state index contributed by atoms with van der Waals surface area (Å²) in [5.74, 6) is 1.09. The van der Waals surface area contributed by atoms with E-state index in [0.717, 1.165) is 46.6 Å². The Labute approximate surface area is 172 Å². The Balaban J connectivity index is 1.60. The zero-order chi connectivity index (χ0) is 20.0. The van der Waals surface area contributed by atoms with Gasteiger partial charge in [-0.2, -0.15) is 0 Å². The molecule has 0 saturated heterocycles. The molecule has 7 nitrogen and oxygen atoms in total. The van der Waals surface area contributed by atoms with E-state index in [4.69, 9.17) is 4.98 Å². The number of benzene rings is 1. The van der Waals surface area contributed by atoms with Crippen molar-refractivity contribution in [1.82, 2.24) is 24.7 Å². The molecular weight excluding hydrogens is 384 g/mol. The van der Waals surface area contributed by atoms with Gasteiger partial charge in [-0.3, -0.25) is 14.7 Å². The third-order valence-corrected chi connectivity index (χ3v) is 6.18. The number of carbonyl (C=O) groups is 1. The van der Waals surface area contributed by atoms with Crippen LogP contribution in [0.3, 0.4) is 0 Å². The van der Waals surface area contributed by atoms with Crippen LogP contribution in [0.25, 0.3) is 10.2 Å². The number of aryl methyl sites for hydroxylation is 3. The monoisotopic (exact) mass is 404 g/mol. The fourth-order valence-corrected chi connectivity index (χ4v) is 4.94. The number of hydrogen-bond acceptors (Lipinski definition) is 6. The standard InChI is InChI=1S/C21H20N6OS/c1-13-9-14(2)18-16(10-13)29-21(23-18)27(12-15-5-3-7-22-11-15)20(28)19-25-24-17-6-4-8-26(17)19/h3,5,7,9-11H,4,6,8,12H2,1-2H3. The minimum absolute atomic E-state index is 0.178. The first kappa shape index (κ1) is 17.9. The van der Waals surface area contributed by atoms with E-state index in [1.165, 1.54) is 16.9 Å². The highest BCUT2D eigenvalue weighted by molar-refractivity contribution is 7.22. The third-order valence-electron chi connectivity index (χ3n) is 5.16. The zero-order valence-corrected chi connectivity index (χ0v) is 17.1. The van der Waals surface area contributed by atoms with Crippen molar-refractivity contribution in [1.29, 1.82) is 0 Å². The van der Waals surface area contributed by atoms with E-state index in [-0.39, 0.29) is 5.91 Å². The number of aromatic nitrogens is 5. The van der Waals surface area contributed by atoms with Gasteiger partial charge >= 0.3 is 0 Å². The molecule has 0 unspecified atom stereocenters. The average molecular weight is 404 g/mol. The summed E-state index contributed by atoms with van der Waals surface area (Å²) in [4.78, 5) is 24.3. The molecule has 4 aromatic rings. The lowest BCUT2D eigenvalue weighted by Gasteiger charge is -2.19. The highest BCUT2D eigenvalue weighted by atomic mass is 32.1. The molecule has 0 bridgehead atoms. The Morgan fingerprint density at radius 2 is 2.17 bits per heavy atom. The van der Waals surface area contributed by atoms with E-state index in [2.05, 4.69) is 41.2 Å². The minimum Gasteiger partial charge on any atom is -0.307 e. The lowest BCUT2D eigenvalue weighted by molar-refractivity contribution is 0.0970. The summed E-state index contributed by atoms with van der Waals surface area (Å²) in [5.41, 5.74) is 4.17. The number of nitrogens with zero attached hydrogens (tertiary/aromatic N) is 6. The van der Waals surface area contributed by atoms with Gasteiger partial charge in [-0.15, -0.1) is 10.2 Å². The number of pyridine rings is 1. The van der Waals surface area contributed by atoms with Gasteiger partial charge in [-0.05, 0) is 49.1 Å². The highest BCUT2D eigenvalue weighted by Gasteiger charge is 2.29. The summed E-state index contributed by atoms with van der Waals surface area (Å²) in [7, 11) is 0. The van der Waals surface area contributed by atoms with Gasteiger partial charge in [0.15, 0.2) is 5.13 Å². The van der Waals surface area contributed by atoms with Gasteiger partial charge in [0.25, 0.3) is 5.91 Å². The van der Waals surface area contributed by atoms with Crippen molar-refractivity contribution < 1.29 is 4.79 Å². The van der Waals surface area contributed by atoms with Gasteiger partial charge in [0.1, 0.15) is 5.82 Å². The summed E-state index contributed by atoms with van der Waals surface area (Å²) in [6.07, 6.45) is 5.36. The van der Waals surface area contributed by atoms with Crippen LogP contribution in [-0.2, 0) is 19.5 Å². The normalized spacial score (nSPS) is 13.0. The topological polar surface area (TPSA) is 76.8 Å². The fourth-order valence-electron chi connectivity index (χ4n) is 3.80. The maximum absolute atomic E-state index is 13.5. The number of thiazole rings is 1. The zero-order valence-electron chi connectivity index (χ0n) is 16.3. The maximum Gasteiger partial charge on any atom is 0.298 e. The molecule has 146 valence electrons. The first-order valence-corrected chi connectivity index (χ1v) is 10.4. The molecular formula is C21H20N6OS. The lowest BCUT2D eigenvalue weighted by Crippen LogP contribution is -2.32. The first-order valence-electron chi connectivity index (χ1n) is 9.61. The molecule has 3 aromatic heterocycles. The second kappa shape index (κ2) is 7.04. The van der Waals surface area contributed by atoms with Gasteiger partial charge in [-0.25, -0.2) is 4.98 Å². The molecule has 29 heavy (non-hydrogen) atoms. The summed E-state index contributed by atoms with van der Waals surface area (Å²) >= 11 is 1.53.